The average Bonchev–Trinajstić information content (AvgIpc) is 3.08. The molecule has 3 rings (SSSR count). The summed E-state index contributed by atoms with van der Waals surface area (Å²) in [6.07, 6.45) is 3.31. The zero-order valence-electron chi connectivity index (χ0n) is 10.7. The molecule has 0 spiro atoms. The average molecular weight is 322 g/mol. The van der Waals surface area contributed by atoms with Gasteiger partial charge >= 0.3 is 5.69 Å². The molecule has 0 aromatic carbocycles. The normalized spacial score (nSPS) is 10.8. The molecule has 0 aliphatic carbocycles. The third-order valence-electron chi connectivity index (χ3n) is 2.73. The molecular weight excluding hydrogens is 314 g/mol. The first-order valence-corrected chi connectivity index (χ1v) is 7.09. The summed E-state index contributed by atoms with van der Waals surface area (Å²) in [6, 6.07) is 3.31. The molecule has 106 valence electrons. The maximum absolute atomic E-state index is 11.2. The van der Waals surface area contributed by atoms with E-state index in [0.717, 1.165) is 5.01 Å². The van der Waals surface area contributed by atoms with Crippen LogP contribution in [0.2, 0.25) is 5.15 Å². The minimum Gasteiger partial charge on any atom is -0.258 e. The van der Waals surface area contributed by atoms with Gasteiger partial charge in [0, 0.05) is 23.5 Å². The van der Waals surface area contributed by atoms with Crippen molar-refractivity contribution in [3.8, 4) is 16.4 Å². The van der Waals surface area contributed by atoms with Crippen LogP contribution >= 0.6 is 22.9 Å². The second kappa shape index (κ2) is 5.23. The van der Waals surface area contributed by atoms with Gasteiger partial charge in [-0.1, -0.05) is 11.6 Å². The highest BCUT2D eigenvalue weighted by Gasteiger charge is 2.23. The Kier molecular flexibility index (Phi) is 3.40. The van der Waals surface area contributed by atoms with Gasteiger partial charge < -0.3 is 0 Å². The Hall–Kier alpha value is -2.32. The first kappa shape index (κ1) is 13.7. The molecule has 0 aliphatic heterocycles. The molecule has 3 aromatic heterocycles. The van der Waals surface area contributed by atoms with Crippen LogP contribution in [0.4, 0.5) is 5.69 Å². The first-order chi connectivity index (χ1) is 10.1. The van der Waals surface area contributed by atoms with Crippen molar-refractivity contribution < 1.29 is 4.92 Å². The molecule has 21 heavy (non-hydrogen) atoms. The highest BCUT2D eigenvalue weighted by molar-refractivity contribution is 7.13. The SMILES string of the molecule is Cc1cc(-n2ccc(-c3nccs3)n2)c([N+](=O)[O-])c(Cl)n1. The van der Waals surface area contributed by atoms with E-state index in [1.807, 2.05) is 5.38 Å². The Labute approximate surface area is 128 Å². The molecule has 0 bridgehead atoms. The molecule has 0 aliphatic rings. The van der Waals surface area contributed by atoms with E-state index < -0.39 is 4.92 Å². The molecule has 3 aromatic rings. The van der Waals surface area contributed by atoms with Crippen LogP contribution in [0.5, 0.6) is 0 Å². The lowest BCUT2D eigenvalue weighted by atomic mass is 10.3. The number of aromatic nitrogens is 4. The van der Waals surface area contributed by atoms with Crippen molar-refractivity contribution in [2.24, 2.45) is 0 Å². The summed E-state index contributed by atoms with van der Waals surface area (Å²) in [5.74, 6) is 0. The number of hydrogen-bond donors (Lipinski definition) is 0. The van der Waals surface area contributed by atoms with E-state index in [9.17, 15) is 10.1 Å². The predicted octanol–water partition coefficient (Wildman–Crippen LogP) is 3.26. The number of nitro groups is 1. The zero-order valence-corrected chi connectivity index (χ0v) is 12.3. The zero-order chi connectivity index (χ0) is 15.0. The molecule has 0 amide bonds. The molecule has 0 fully saturated rings. The van der Waals surface area contributed by atoms with Gasteiger partial charge in [0.15, 0.2) is 0 Å². The van der Waals surface area contributed by atoms with Gasteiger partial charge in [-0.05, 0) is 19.1 Å². The molecule has 0 saturated heterocycles. The van der Waals surface area contributed by atoms with E-state index in [1.165, 1.54) is 16.0 Å². The molecule has 9 heteroatoms. The second-order valence-corrected chi connectivity index (χ2v) is 5.41. The molecule has 7 nitrogen and oxygen atoms in total. The number of pyridine rings is 1. The quantitative estimate of drug-likeness (QED) is 0.420. The topological polar surface area (TPSA) is 86.7 Å². The summed E-state index contributed by atoms with van der Waals surface area (Å²) in [7, 11) is 0. The van der Waals surface area contributed by atoms with Crippen LogP contribution in [0.3, 0.4) is 0 Å². The summed E-state index contributed by atoms with van der Waals surface area (Å²) in [4.78, 5) is 18.7. The Morgan fingerprint density at radius 1 is 1.48 bits per heavy atom. The smallest absolute Gasteiger partial charge is 0.258 e. The van der Waals surface area contributed by atoms with Gasteiger partial charge in [0.05, 0.1) is 4.92 Å². The van der Waals surface area contributed by atoms with Crippen LogP contribution in [0.15, 0.2) is 29.9 Å². The van der Waals surface area contributed by atoms with Crippen LogP contribution in [-0.4, -0.2) is 24.7 Å². The number of rotatable bonds is 3. The molecule has 0 radical (unpaired) electrons. The summed E-state index contributed by atoms with van der Waals surface area (Å²) in [6.45, 7) is 1.71. The lowest BCUT2D eigenvalue weighted by Gasteiger charge is -2.05. The second-order valence-electron chi connectivity index (χ2n) is 4.16. The Bertz CT molecular complexity index is 815. The van der Waals surface area contributed by atoms with Crippen LogP contribution in [0.25, 0.3) is 16.4 Å². The Morgan fingerprint density at radius 2 is 2.29 bits per heavy atom. The van der Waals surface area contributed by atoms with E-state index in [4.69, 9.17) is 11.6 Å². The fourth-order valence-corrected chi connectivity index (χ4v) is 2.78. The van der Waals surface area contributed by atoms with Gasteiger partial charge in [0.1, 0.15) is 16.4 Å². The molecule has 0 saturated carbocycles. The fourth-order valence-electron chi connectivity index (χ4n) is 1.88. The van der Waals surface area contributed by atoms with Crippen LogP contribution in [0, 0.1) is 17.0 Å². The van der Waals surface area contributed by atoms with Crippen LogP contribution < -0.4 is 0 Å². The maximum atomic E-state index is 11.2. The first-order valence-electron chi connectivity index (χ1n) is 5.83. The van der Waals surface area contributed by atoms with E-state index >= 15 is 0 Å². The number of hydrogen-bond acceptors (Lipinski definition) is 6. The summed E-state index contributed by atoms with van der Waals surface area (Å²) in [5.41, 5.74) is 1.23. The number of nitrogens with zero attached hydrogens (tertiary/aromatic N) is 5. The van der Waals surface area contributed by atoms with Gasteiger partial charge in [-0.15, -0.1) is 11.3 Å². The van der Waals surface area contributed by atoms with Crippen molar-refractivity contribution >= 4 is 28.6 Å². The summed E-state index contributed by atoms with van der Waals surface area (Å²) in [5, 5.41) is 17.9. The van der Waals surface area contributed by atoms with Gasteiger partial charge in [0.2, 0.25) is 5.15 Å². The Morgan fingerprint density at radius 3 is 2.95 bits per heavy atom. The molecule has 0 atom stereocenters. The minimum atomic E-state index is -0.561. The van der Waals surface area contributed by atoms with Crippen molar-refractivity contribution in [3.05, 3.63) is 50.9 Å². The number of thiazole rings is 1. The monoisotopic (exact) mass is 321 g/mol. The largest absolute Gasteiger partial charge is 0.331 e. The van der Waals surface area contributed by atoms with Crippen LogP contribution in [-0.2, 0) is 0 Å². The standard InChI is InChI=1S/C12H8ClN5O2S/c1-7-6-9(10(18(19)20)11(13)15-7)17-4-2-8(16-17)12-14-3-5-21-12/h2-6H,1H3. The van der Waals surface area contributed by atoms with Crippen molar-refractivity contribution in [2.45, 2.75) is 6.92 Å². The van der Waals surface area contributed by atoms with Crippen molar-refractivity contribution in [1.82, 2.24) is 19.7 Å². The highest BCUT2D eigenvalue weighted by Crippen LogP contribution is 2.31. The van der Waals surface area contributed by atoms with Gasteiger partial charge in [-0.2, -0.15) is 5.10 Å². The minimum absolute atomic E-state index is 0.152. The predicted molar refractivity (Wildman–Crippen MR) is 78.9 cm³/mol. The van der Waals surface area contributed by atoms with Gasteiger partial charge in [0.25, 0.3) is 0 Å². The van der Waals surface area contributed by atoms with E-state index in [0.29, 0.717) is 11.4 Å². The van der Waals surface area contributed by atoms with Crippen molar-refractivity contribution in [2.75, 3.05) is 0 Å². The Balaban J connectivity index is 2.15. The third kappa shape index (κ3) is 2.50. The van der Waals surface area contributed by atoms with E-state index in [2.05, 4.69) is 15.1 Å². The number of aryl methyl sites for hydroxylation is 1. The lowest BCUT2D eigenvalue weighted by Crippen LogP contribution is -2.04. The highest BCUT2D eigenvalue weighted by atomic mass is 35.5. The van der Waals surface area contributed by atoms with E-state index in [-0.39, 0.29) is 16.5 Å². The molecular formula is C12H8ClN5O2S. The van der Waals surface area contributed by atoms with Crippen LogP contribution in [0.1, 0.15) is 5.69 Å². The third-order valence-corrected chi connectivity index (χ3v) is 3.79. The maximum Gasteiger partial charge on any atom is 0.331 e. The van der Waals surface area contributed by atoms with Crippen molar-refractivity contribution in [1.29, 1.82) is 0 Å². The van der Waals surface area contributed by atoms with Gasteiger partial charge in [-0.3, -0.25) is 10.1 Å². The fraction of sp³-hybridized carbons (Fsp3) is 0.0833. The van der Waals surface area contributed by atoms with E-state index in [1.54, 1.807) is 31.5 Å². The lowest BCUT2D eigenvalue weighted by molar-refractivity contribution is -0.384. The number of halogens is 1. The summed E-state index contributed by atoms with van der Waals surface area (Å²) < 4.78 is 1.41. The van der Waals surface area contributed by atoms with Crippen molar-refractivity contribution in [3.63, 3.8) is 0 Å². The summed E-state index contributed by atoms with van der Waals surface area (Å²) >= 11 is 7.32. The molecule has 3 heterocycles. The molecule has 0 unspecified atom stereocenters. The van der Waals surface area contributed by atoms with Gasteiger partial charge in [-0.25, -0.2) is 14.6 Å². The molecule has 0 N–H and O–H groups in total.